The highest BCUT2D eigenvalue weighted by Crippen LogP contribution is 2.29. The Morgan fingerprint density at radius 3 is 2.76 bits per heavy atom. The molecule has 0 bridgehead atoms. The van der Waals surface area contributed by atoms with Crippen LogP contribution in [0, 0.1) is 18.8 Å². The van der Waals surface area contributed by atoms with Crippen LogP contribution < -0.4 is 5.32 Å². The summed E-state index contributed by atoms with van der Waals surface area (Å²) in [6.45, 7) is 15.6. The molecule has 2 heteroatoms. The van der Waals surface area contributed by atoms with Crippen molar-refractivity contribution in [1.29, 1.82) is 0 Å². The lowest BCUT2D eigenvalue weighted by Gasteiger charge is -2.21. The van der Waals surface area contributed by atoms with Crippen molar-refractivity contribution in [3.63, 3.8) is 0 Å². The molecule has 0 aliphatic heterocycles. The number of ether oxygens (including phenoxy) is 1. The molecule has 1 aliphatic rings. The number of allylic oxidation sites excluding steroid dienone is 2. The van der Waals surface area contributed by atoms with E-state index in [1.54, 1.807) is 0 Å². The lowest BCUT2D eigenvalue weighted by atomic mass is 9.97. The number of hydrogen-bond acceptors (Lipinski definition) is 2. The molecule has 2 atom stereocenters. The number of hydrogen-bond donors (Lipinski definition) is 1. The minimum absolute atomic E-state index is 0.347. The van der Waals surface area contributed by atoms with Crippen LogP contribution >= 0.6 is 0 Å². The van der Waals surface area contributed by atoms with Crippen molar-refractivity contribution in [3.05, 3.63) is 72.2 Å². The van der Waals surface area contributed by atoms with E-state index in [-0.39, 0.29) is 0 Å². The Balaban J connectivity index is 1.68. The third kappa shape index (κ3) is 7.64. The SMILES string of the molecule is C=C(/C=C\C[C@@H](C)NC(=C)[C@@H](C)Cc1cccc(C)c1)OCC1CC1. The summed E-state index contributed by atoms with van der Waals surface area (Å²) in [4.78, 5) is 0. The summed E-state index contributed by atoms with van der Waals surface area (Å²) >= 11 is 0. The highest BCUT2D eigenvalue weighted by Gasteiger charge is 2.21. The Bertz CT molecular complexity index is 612. The van der Waals surface area contributed by atoms with E-state index in [0.717, 1.165) is 36.8 Å². The fraction of sp³-hybridized carbons (Fsp3) is 0.478. The number of nitrogens with one attached hydrogen (secondary N) is 1. The molecule has 25 heavy (non-hydrogen) atoms. The smallest absolute Gasteiger partial charge is 0.111 e. The molecular weight excluding hydrogens is 306 g/mol. The van der Waals surface area contributed by atoms with Gasteiger partial charge in [-0.05, 0) is 63.0 Å². The van der Waals surface area contributed by atoms with Crippen molar-refractivity contribution < 1.29 is 4.74 Å². The molecule has 0 amide bonds. The van der Waals surface area contributed by atoms with Crippen LogP contribution in [0.4, 0.5) is 0 Å². The van der Waals surface area contributed by atoms with Gasteiger partial charge in [-0.1, -0.05) is 56.0 Å². The molecule has 1 fully saturated rings. The van der Waals surface area contributed by atoms with Crippen molar-refractivity contribution in [2.45, 2.75) is 52.5 Å². The molecule has 1 aromatic carbocycles. The van der Waals surface area contributed by atoms with Crippen LogP contribution in [0.2, 0.25) is 0 Å². The first kappa shape index (κ1) is 19.4. The topological polar surface area (TPSA) is 21.3 Å². The minimum atomic E-state index is 0.347. The normalized spacial score (nSPS) is 16.4. The second-order valence-corrected chi connectivity index (χ2v) is 7.52. The first-order valence-electron chi connectivity index (χ1n) is 9.43. The van der Waals surface area contributed by atoms with Gasteiger partial charge in [-0.25, -0.2) is 0 Å². The van der Waals surface area contributed by atoms with Gasteiger partial charge in [-0.2, -0.15) is 0 Å². The molecule has 0 heterocycles. The zero-order valence-corrected chi connectivity index (χ0v) is 16.1. The monoisotopic (exact) mass is 339 g/mol. The molecule has 1 saturated carbocycles. The van der Waals surface area contributed by atoms with E-state index in [1.165, 1.54) is 24.0 Å². The first-order chi connectivity index (χ1) is 11.9. The fourth-order valence-electron chi connectivity index (χ4n) is 2.79. The van der Waals surface area contributed by atoms with Gasteiger partial charge in [0.15, 0.2) is 0 Å². The third-order valence-corrected chi connectivity index (χ3v) is 4.65. The van der Waals surface area contributed by atoms with E-state index < -0.39 is 0 Å². The van der Waals surface area contributed by atoms with E-state index in [9.17, 15) is 0 Å². The summed E-state index contributed by atoms with van der Waals surface area (Å²) in [5.74, 6) is 1.94. The number of aryl methyl sites for hydroxylation is 1. The van der Waals surface area contributed by atoms with Gasteiger partial charge in [0.25, 0.3) is 0 Å². The maximum absolute atomic E-state index is 5.62. The second kappa shape index (κ2) is 9.50. The van der Waals surface area contributed by atoms with E-state index in [1.807, 2.05) is 6.08 Å². The quantitative estimate of drug-likeness (QED) is 0.421. The molecule has 1 aromatic rings. The highest BCUT2D eigenvalue weighted by atomic mass is 16.5. The third-order valence-electron chi connectivity index (χ3n) is 4.65. The van der Waals surface area contributed by atoms with Gasteiger partial charge in [0.2, 0.25) is 0 Å². The van der Waals surface area contributed by atoms with Crippen LogP contribution in [0.1, 0.15) is 44.2 Å². The van der Waals surface area contributed by atoms with Crippen molar-refractivity contribution in [2.75, 3.05) is 6.61 Å². The molecule has 0 saturated heterocycles. The highest BCUT2D eigenvalue weighted by molar-refractivity contribution is 5.23. The Morgan fingerprint density at radius 1 is 1.32 bits per heavy atom. The van der Waals surface area contributed by atoms with Gasteiger partial charge in [0, 0.05) is 11.7 Å². The molecule has 1 N–H and O–H groups in total. The Hall–Kier alpha value is -1.96. The zero-order valence-electron chi connectivity index (χ0n) is 16.1. The van der Waals surface area contributed by atoms with E-state index >= 15 is 0 Å². The van der Waals surface area contributed by atoms with Gasteiger partial charge in [0.1, 0.15) is 5.76 Å². The number of rotatable bonds is 11. The van der Waals surface area contributed by atoms with Crippen LogP contribution in [0.3, 0.4) is 0 Å². The molecule has 1 aliphatic carbocycles. The number of benzene rings is 1. The average Bonchev–Trinajstić information content (AvgIpc) is 3.37. The first-order valence-corrected chi connectivity index (χ1v) is 9.43. The molecule has 136 valence electrons. The van der Waals surface area contributed by atoms with Crippen molar-refractivity contribution in [1.82, 2.24) is 5.32 Å². The van der Waals surface area contributed by atoms with Gasteiger partial charge in [-0.3, -0.25) is 0 Å². The molecule has 2 rings (SSSR count). The molecule has 0 aromatic heterocycles. The van der Waals surface area contributed by atoms with Crippen LogP contribution in [-0.4, -0.2) is 12.6 Å². The fourth-order valence-corrected chi connectivity index (χ4v) is 2.79. The Morgan fingerprint density at radius 2 is 2.08 bits per heavy atom. The zero-order chi connectivity index (χ0) is 18.2. The van der Waals surface area contributed by atoms with Gasteiger partial charge >= 0.3 is 0 Å². The predicted octanol–water partition coefficient (Wildman–Crippen LogP) is 5.55. The van der Waals surface area contributed by atoms with Crippen LogP contribution in [0.25, 0.3) is 0 Å². The van der Waals surface area contributed by atoms with Gasteiger partial charge in [-0.15, -0.1) is 0 Å². The van der Waals surface area contributed by atoms with E-state index in [2.05, 4.69) is 69.6 Å². The van der Waals surface area contributed by atoms with E-state index in [4.69, 9.17) is 4.74 Å². The summed E-state index contributed by atoms with van der Waals surface area (Å²) < 4.78 is 5.62. The maximum atomic E-state index is 5.62. The molecule has 2 nitrogen and oxygen atoms in total. The molecular formula is C23H33NO. The predicted molar refractivity (Wildman–Crippen MR) is 107 cm³/mol. The standard InChI is InChI=1S/C23H33NO/c1-17-8-6-11-23(14-17)15-18(2)21(5)24-19(3)9-7-10-20(4)25-16-22-12-13-22/h6-8,10-11,14,18-19,22,24H,4-5,9,12-13,15-16H2,1-3H3/b10-7-/t18-,19+/m0/s1. The maximum Gasteiger partial charge on any atom is 0.111 e. The van der Waals surface area contributed by atoms with E-state index in [0.29, 0.717) is 12.0 Å². The Kier molecular flexibility index (Phi) is 7.36. The lowest BCUT2D eigenvalue weighted by Crippen LogP contribution is -2.28. The van der Waals surface area contributed by atoms with Crippen LogP contribution in [-0.2, 0) is 11.2 Å². The van der Waals surface area contributed by atoms with Crippen LogP contribution in [0.15, 0.2) is 61.0 Å². The summed E-state index contributed by atoms with van der Waals surface area (Å²) in [5, 5.41) is 3.53. The van der Waals surface area contributed by atoms with Crippen LogP contribution in [0.5, 0.6) is 0 Å². The minimum Gasteiger partial charge on any atom is -0.494 e. The van der Waals surface area contributed by atoms with Crippen molar-refractivity contribution in [2.24, 2.45) is 11.8 Å². The van der Waals surface area contributed by atoms with Gasteiger partial charge in [0.05, 0.1) is 6.61 Å². The summed E-state index contributed by atoms with van der Waals surface area (Å²) in [6, 6.07) is 9.05. The molecule has 0 spiro atoms. The largest absolute Gasteiger partial charge is 0.494 e. The summed E-state index contributed by atoms with van der Waals surface area (Å²) in [7, 11) is 0. The summed E-state index contributed by atoms with van der Waals surface area (Å²) in [6.07, 6.45) is 8.68. The summed E-state index contributed by atoms with van der Waals surface area (Å²) in [5.41, 5.74) is 3.78. The van der Waals surface area contributed by atoms with Crippen molar-refractivity contribution >= 4 is 0 Å². The lowest BCUT2D eigenvalue weighted by molar-refractivity contribution is 0.212. The van der Waals surface area contributed by atoms with Crippen molar-refractivity contribution in [3.8, 4) is 0 Å². The second-order valence-electron chi connectivity index (χ2n) is 7.52. The molecule has 0 radical (unpaired) electrons. The van der Waals surface area contributed by atoms with Gasteiger partial charge < -0.3 is 10.1 Å². The Labute approximate surface area is 153 Å². The average molecular weight is 340 g/mol. The molecule has 0 unspecified atom stereocenters.